The van der Waals surface area contributed by atoms with Crippen LogP contribution in [0.1, 0.15) is 60.2 Å². The third-order valence-corrected chi connectivity index (χ3v) is 9.88. The van der Waals surface area contributed by atoms with Gasteiger partial charge in [-0.05, 0) is 100.0 Å². The number of carbonyl (C=O) groups is 3. The molecule has 204 valence electrons. The van der Waals surface area contributed by atoms with E-state index in [1.165, 1.54) is 11.3 Å². The van der Waals surface area contributed by atoms with Crippen LogP contribution < -0.4 is 10.5 Å². The van der Waals surface area contributed by atoms with Gasteiger partial charge in [0.25, 0.3) is 5.91 Å². The number of nitrogens with two attached hydrogens (primary N) is 1. The molecular formula is C29H35ClN2O5S. The molecule has 5 rings (SSSR count). The van der Waals surface area contributed by atoms with E-state index in [1.807, 2.05) is 29.6 Å². The minimum atomic E-state index is -1.23. The highest BCUT2D eigenvalue weighted by atomic mass is 35.5. The minimum Gasteiger partial charge on any atom is -0.492 e. The third kappa shape index (κ3) is 5.92. The minimum absolute atomic E-state index is 0.0472. The van der Waals surface area contributed by atoms with Gasteiger partial charge in [-0.15, -0.1) is 11.3 Å². The number of nitrogens with zero attached hydrogens (tertiary/aromatic N) is 1. The van der Waals surface area contributed by atoms with Gasteiger partial charge in [0.1, 0.15) is 12.4 Å². The average molecular weight is 559 g/mol. The fourth-order valence-electron chi connectivity index (χ4n) is 6.03. The first-order valence-electron chi connectivity index (χ1n) is 13.6. The molecule has 3 aliphatic rings. The predicted octanol–water partition coefficient (Wildman–Crippen LogP) is 4.90. The first kappa shape index (κ1) is 27.2. The van der Waals surface area contributed by atoms with Crippen molar-refractivity contribution in [3.63, 3.8) is 0 Å². The van der Waals surface area contributed by atoms with Crippen LogP contribution in [0.15, 0.2) is 35.7 Å². The second-order valence-corrected chi connectivity index (χ2v) is 12.2. The standard InChI is InChI=1S/C29H35ClN2O5S/c30-23-10-16-38-26(23)25(33)20-8-14-32(15-9-20)13-7-19-5-11-29(12-6-19,28(31)35)37-27(34)22-17-21-3-1-2-4-24(21)36-18-22/h1-4,10,16,19-20,22H,5-9,11-15,17-18H2,(H2,31,35). The van der Waals surface area contributed by atoms with Gasteiger partial charge < -0.3 is 20.1 Å². The van der Waals surface area contributed by atoms with Crippen LogP contribution in [0.2, 0.25) is 5.02 Å². The van der Waals surface area contributed by atoms with Crippen molar-refractivity contribution < 1.29 is 23.9 Å². The van der Waals surface area contributed by atoms with Crippen LogP contribution in [0.4, 0.5) is 0 Å². The van der Waals surface area contributed by atoms with Crippen molar-refractivity contribution in [3.8, 4) is 5.75 Å². The van der Waals surface area contributed by atoms with Gasteiger partial charge in [-0.1, -0.05) is 29.8 Å². The molecule has 2 aromatic rings. The number of piperidine rings is 1. The van der Waals surface area contributed by atoms with Gasteiger partial charge in [-0.25, -0.2) is 0 Å². The molecule has 2 N–H and O–H groups in total. The lowest BCUT2D eigenvalue weighted by Crippen LogP contribution is -2.51. The zero-order valence-electron chi connectivity index (χ0n) is 21.5. The summed E-state index contributed by atoms with van der Waals surface area (Å²) in [6.45, 7) is 3.02. The van der Waals surface area contributed by atoms with E-state index in [9.17, 15) is 14.4 Å². The maximum Gasteiger partial charge on any atom is 0.313 e. The van der Waals surface area contributed by atoms with Crippen LogP contribution >= 0.6 is 22.9 Å². The molecule has 1 atom stereocenters. The SMILES string of the molecule is NC(=O)C1(OC(=O)C2COc3ccccc3C2)CCC(CCN2CCC(C(=O)c3sccc3Cl)CC2)CC1. The largest absolute Gasteiger partial charge is 0.492 e. The van der Waals surface area contributed by atoms with Crippen LogP contribution in [0, 0.1) is 17.8 Å². The Bertz CT molecular complexity index is 1170. The quantitative estimate of drug-likeness (QED) is 0.366. The van der Waals surface area contributed by atoms with E-state index >= 15 is 0 Å². The molecule has 38 heavy (non-hydrogen) atoms. The van der Waals surface area contributed by atoms with Crippen LogP contribution in [0.3, 0.4) is 0 Å². The summed E-state index contributed by atoms with van der Waals surface area (Å²) in [5, 5.41) is 2.43. The van der Waals surface area contributed by atoms with E-state index in [1.54, 1.807) is 6.07 Å². The highest BCUT2D eigenvalue weighted by Gasteiger charge is 2.45. The number of rotatable bonds is 8. The lowest BCUT2D eigenvalue weighted by Gasteiger charge is -2.39. The number of primary amides is 1. The number of Topliss-reactive ketones (excluding diaryl/α,β-unsaturated/α-hetero) is 1. The number of fused-ring (bicyclic) bond motifs is 1. The molecule has 1 aromatic heterocycles. The number of thiophene rings is 1. The van der Waals surface area contributed by atoms with Crippen molar-refractivity contribution in [1.82, 2.24) is 4.90 Å². The number of ketones is 1. The third-order valence-electron chi connectivity index (χ3n) is 8.52. The number of amides is 1. The zero-order valence-corrected chi connectivity index (χ0v) is 23.1. The smallest absolute Gasteiger partial charge is 0.313 e. The van der Waals surface area contributed by atoms with Gasteiger partial charge >= 0.3 is 5.97 Å². The van der Waals surface area contributed by atoms with Crippen molar-refractivity contribution in [2.45, 2.75) is 57.0 Å². The van der Waals surface area contributed by atoms with Crippen LogP contribution in [0.25, 0.3) is 0 Å². The number of esters is 1. The number of benzene rings is 1. The van der Waals surface area contributed by atoms with E-state index in [-0.39, 0.29) is 18.3 Å². The molecule has 2 aliphatic heterocycles. The Labute approximate surface area is 232 Å². The van der Waals surface area contributed by atoms with Gasteiger partial charge in [0, 0.05) is 5.92 Å². The fraction of sp³-hybridized carbons (Fsp3) is 0.552. The Morgan fingerprint density at radius 3 is 2.50 bits per heavy atom. The number of halogens is 1. The number of ether oxygens (including phenoxy) is 2. The molecule has 9 heteroatoms. The van der Waals surface area contributed by atoms with Crippen LogP contribution in [-0.4, -0.2) is 54.4 Å². The van der Waals surface area contributed by atoms with Gasteiger partial charge in [-0.3, -0.25) is 14.4 Å². The summed E-state index contributed by atoms with van der Waals surface area (Å²) in [4.78, 5) is 41.4. The number of hydrogen-bond donors (Lipinski definition) is 1. The zero-order chi connectivity index (χ0) is 26.7. The molecule has 1 saturated heterocycles. The number of carbonyl (C=O) groups excluding carboxylic acids is 3. The van der Waals surface area contributed by atoms with Crippen molar-refractivity contribution in [3.05, 3.63) is 51.2 Å². The number of para-hydroxylation sites is 1. The highest BCUT2D eigenvalue weighted by molar-refractivity contribution is 7.12. The van der Waals surface area contributed by atoms with Gasteiger partial charge in [0.2, 0.25) is 0 Å². The van der Waals surface area contributed by atoms with E-state index in [4.69, 9.17) is 26.8 Å². The van der Waals surface area contributed by atoms with E-state index in [2.05, 4.69) is 4.90 Å². The number of likely N-dealkylation sites (tertiary alicyclic amines) is 1. The molecule has 3 heterocycles. The summed E-state index contributed by atoms with van der Waals surface area (Å²) in [5.41, 5.74) is 5.53. The Morgan fingerprint density at radius 1 is 1.08 bits per heavy atom. The summed E-state index contributed by atoms with van der Waals surface area (Å²) >= 11 is 7.59. The Morgan fingerprint density at radius 2 is 1.82 bits per heavy atom. The topological polar surface area (TPSA) is 98.9 Å². The molecule has 2 fully saturated rings. The lowest BCUT2D eigenvalue weighted by molar-refractivity contribution is -0.177. The average Bonchev–Trinajstić information content (AvgIpc) is 3.37. The van der Waals surface area contributed by atoms with Crippen molar-refractivity contribution in [2.24, 2.45) is 23.5 Å². The molecule has 1 unspecified atom stereocenters. The van der Waals surface area contributed by atoms with Gasteiger partial charge in [0.15, 0.2) is 11.4 Å². The summed E-state index contributed by atoms with van der Waals surface area (Å²) in [6.07, 6.45) is 5.78. The normalized spacial score (nSPS) is 26.2. The predicted molar refractivity (Wildman–Crippen MR) is 147 cm³/mol. The monoisotopic (exact) mass is 558 g/mol. The van der Waals surface area contributed by atoms with E-state index < -0.39 is 23.4 Å². The lowest BCUT2D eigenvalue weighted by atomic mass is 9.76. The van der Waals surface area contributed by atoms with Gasteiger partial charge in [-0.2, -0.15) is 0 Å². The van der Waals surface area contributed by atoms with Crippen LogP contribution in [-0.2, 0) is 20.7 Å². The first-order valence-corrected chi connectivity index (χ1v) is 14.8. The second kappa shape index (κ2) is 11.8. The fourth-order valence-corrected chi connectivity index (χ4v) is 7.19. The van der Waals surface area contributed by atoms with E-state index in [0.717, 1.165) is 63.1 Å². The second-order valence-electron chi connectivity index (χ2n) is 10.9. The molecular weight excluding hydrogens is 524 g/mol. The molecule has 7 nitrogen and oxygen atoms in total. The molecule has 0 bridgehead atoms. The summed E-state index contributed by atoms with van der Waals surface area (Å²) in [5.74, 6) is 0.0746. The Kier molecular flexibility index (Phi) is 8.41. The van der Waals surface area contributed by atoms with Crippen molar-refractivity contribution in [2.75, 3.05) is 26.2 Å². The summed E-state index contributed by atoms with van der Waals surface area (Å²) in [7, 11) is 0. The van der Waals surface area contributed by atoms with E-state index in [0.29, 0.717) is 35.1 Å². The Hall–Kier alpha value is -2.42. The van der Waals surface area contributed by atoms with Crippen molar-refractivity contribution >= 4 is 40.6 Å². The molecule has 1 amide bonds. The maximum absolute atomic E-state index is 13.0. The first-order chi connectivity index (χ1) is 18.3. The molecule has 1 aromatic carbocycles. The highest BCUT2D eigenvalue weighted by Crippen LogP contribution is 2.38. The molecule has 0 radical (unpaired) electrons. The maximum atomic E-state index is 13.0. The van der Waals surface area contributed by atoms with Gasteiger partial charge in [0.05, 0.1) is 15.8 Å². The molecule has 1 saturated carbocycles. The Balaban J connectivity index is 1.07. The van der Waals surface area contributed by atoms with Crippen molar-refractivity contribution in [1.29, 1.82) is 0 Å². The van der Waals surface area contributed by atoms with Crippen LogP contribution in [0.5, 0.6) is 5.75 Å². The number of hydrogen-bond acceptors (Lipinski definition) is 7. The molecule has 1 aliphatic carbocycles. The molecule has 0 spiro atoms. The summed E-state index contributed by atoms with van der Waals surface area (Å²) in [6, 6.07) is 9.46. The summed E-state index contributed by atoms with van der Waals surface area (Å²) < 4.78 is 11.6.